The molecule has 0 amide bonds. The number of nitrogens with zero attached hydrogens (tertiary/aromatic N) is 1. The van der Waals surface area contributed by atoms with Crippen LogP contribution in [0.5, 0.6) is 5.75 Å². The number of rotatable bonds is 4. The van der Waals surface area contributed by atoms with E-state index >= 15 is 0 Å². The molecule has 1 aromatic rings. The van der Waals surface area contributed by atoms with Crippen LogP contribution in [0.15, 0.2) is 6.07 Å². The summed E-state index contributed by atoms with van der Waals surface area (Å²) in [7, 11) is 1.45. The molecule has 16 heavy (non-hydrogen) atoms. The summed E-state index contributed by atoms with van der Waals surface area (Å²) in [5, 5.41) is 0.318. The molecule has 0 saturated carbocycles. The minimum atomic E-state index is -0.521. The van der Waals surface area contributed by atoms with Crippen LogP contribution in [0.1, 0.15) is 23.1 Å². The third kappa shape index (κ3) is 2.62. The summed E-state index contributed by atoms with van der Waals surface area (Å²) in [6.07, 6.45) is 0. The maximum absolute atomic E-state index is 11.5. The highest BCUT2D eigenvalue weighted by Crippen LogP contribution is 2.27. The van der Waals surface area contributed by atoms with Crippen LogP contribution in [0.3, 0.4) is 0 Å². The number of aromatic nitrogens is 1. The minimum absolute atomic E-state index is 0.127. The number of ether oxygens (including phenoxy) is 2. The molecule has 0 fully saturated rings. The predicted octanol–water partition coefficient (Wildman–Crippen LogP) is 1.38. The van der Waals surface area contributed by atoms with E-state index in [0.717, 1.165) is 0 Å². The van der Waals surface area contributed by atoms with Gasteiger partial charge in [0.2, 0.25) is 0 Å². The largest absolute Gasteiger partial charge is 0.495 e. The molecule has 88 valence electrons. The molecule has 0 aliphatic heterocycles. The lowest BCUT2D eigenvalue weighted by Crippen LogP contribution is -2.11. The molecule has 0 aromatic carbocycles. The first-order chi connectivity index (χ1) is 7.63. The van der Waals surface area contributed by atoms with Crippen molar-refractivity contribution < 1.29 is 14.3 Å². The van der Waals surface area contributed by atoms with Crippen molar-refractivity contribution in [2.24, 2.45) is 5.73 Å². The van der Waals surface area contributed by atoms with E-state index in [9.17, 15) is 4.79 Å². The number of carbonyl (C=O) groups is 1. The fourth-order valence-corrected chi connectivity index (χ4v) is 1.40. The standard InChI is InChI=1S/C10H13ClN2O3/c1-3-16-10(14)6-4-8(15-2)9(11)7(5-12)13-6/h4H,3,5,12H2,1-2H3. The van der Waals surface area contributed by atoms with E-state index in [4.69, 9.17) is 26.8 Å². The number of pyridine rings is 1. The molecule has 2 N–H and O–H groups in total. The molecule has 1 rings (SSSR count). The Kier molecular flexibility index (Phi) is 4.52. The average molecular weight is 245 g/mol. The van der Waals surface area contributed by atoms with Gasteiger partial charge in [0.1, 0.15) is 10.8 Å². The highest BCUT2D eigenvalue weighted by atomic mass is 35.5. The Labute approximate surface area is 98.5 Å². The van der Waals surface area contributed by atoms with Crippen LogP contribution in [0.4, 0.5) is 0 Å². The molecule has 5 nitrogen and oxygen atoms in total. The maximum atomic E-state index is 11.5. The topological polar surface area (TPSA) is 74.4 Å². The lowest BCUT2D eigenvalue weighted by Gasteiger charge is -2.09. The lowest BCUT2D eigenvalue weighted by molar-refractivity contribution is 0.0518. The number of carbonyl (C=O) groups excluding carboxylic acids is 1. The summed E-state index contributed by atoms with van der Waals surface area (Å²) in [6, 6.07) is 1.43. The smallest absolute Gasteiger partial charge is 0.357 e. The van der Waals surface area contributed by atoms with Crippen molar-refractivity contribution in [2.75, 3.05) is 13.7 Å². The van der Waals surface area contributed by atoms with Gasteiger partial charge in [0.05, 0.1) is 19.4 Å². The Bertz CT molecular complexity index is 371. The van der Waals surface area contributed by atoms with E-state index in [1.807, 2.05) is 0 Å². The third-order valence-corrected chi connectivity index (χ3v) is 2.30. The van der Waals surface area contributed by atoms with Crippen molar-refractivity contribution in [3.63, 3.8) is 0 Å². The van der Waals surface area contributed by atoms with Crippen LogP contribution < -0.4 is 10.5 Å². The normalized spacial score (nSPS) is 10.0. The second kappa shape index (κ2) is 5.67. The number of esters is 1. The molecular formula is C10H13ClN2O3. The Balaban J connectivity index is 3.16. The molecule has 0 unspecified atom stereocenters. The molecule has 0 radical (unpaired) electrons. The summed E-state index contributed by atoms with van der Waals surface area (Å²) in [6.45, 7) is 2.13. The Morgan fingerprint density at radius 1 is 1.62 bits per heavy atom. The number of hydrogen-bond donors (Lipinski definition) is 1. The van der Waals surface area contributed by atoms with Crippen molar-refractivity contribution in [1.82, 2.24) is 4.98 Å². The molecule has 0 bridgehead atoms. The zero-order valence-corrected chi connectivity index (χ0v) is 9.87. The quantitative estimate of drug-likeness (QED) is 0.810. The van der Waals surface area contributed by atoms with E-state index in [1.165, 1.54) is 13.2 Å². The van der Waals surface area contributed by atoms with Crippen molar-refractivity contribution >= 4 is 17.6 Å². The highest BCUT2D eigenvalue weighted by Gasteiger charge is 2.15. The minimum Gasteiger partial charge on any atom is -0.495 e. The van der Waals surface area contributed by atoms with Crippen LogP contribution >= 0.6 is 11.6 Å². The van der Waals surface area contributed by atoms with Gasteiger partial charge >= 0.3 is 5.97 Å². The zero-order chi connectivity index (χ0) is 12.1. The van der Waals surface area contributed by atoms with E-state index in [0.29, 0.717) is 16.5 Å². The SMILES string of the molecule is CCOC(=O)c1cc(OC)c(Cl)c(CN)n1. The van der Waals surface area contributed by atoms with Crippen molar-refractivity contribution in [3.8, 4) is 5.75 Å². The summed E-state index contributed by atoms with van der Waals surface area (Å²) < 4.78 is 9.85. The third-order valence-electron chi connectivity index (χ3n) is 1.89. The Morgan fingerprint density at radius 2 is 2.31 bits per heavy atom. The van der Waals surface area contributed by atoms with Crippen LogP contribution in [-0.4, -0.2) is 24.7 Å². The average Bonchev–Trinajstić information content (AvgIpc) is 2.29. The van der Waals surface area contributed by atoms with Crippen molar-refractivity contribution in [2.45, 2.75) is 13.5 Å². The summed E-state index contributed by atoms with van der Waals surface area (Å²) in [5.74, 6) is -0.160. The molecular weight excluding hydrogens is 232 g/mol. The first kappa shape index (κ1) is 12.7. The van der Waals surface area contributed by atoms with Crippen molar-refractivity contribution in [1.29, 1.82) is 0 Å². The van der Waals surface area contributed by atoms with Gasteiger partial charge in [-0.25, -0.2) is 9.78 Å². The second-order valence-corrected chi connectivity index (χ2v) is 3.27. The van der Waals surface area contributed by atoms with Crippen LogP contribution in [0, 0.1) is 0 Å². The fraction of sp³-hybridized carbons (Fsp3) is 0.400. The molecule has 0 saturated heterocycles. The summed E-state index contributed by atoms with van der Waals surface area (Å²) in [5.41, 5.74) is 6.01. The van der Waals surface area contributed by atoms with Gasteiger partial charge in [-0.2, -0.15) is 0 Å². The van der Waals surface area contributed by atoms with Gasteiger partial charge in [-0.3, -0.25) is 0 Å². The van der Waals surface area contributed by atoms with Crippen LogP contribution in [-0.2, 0) is 11.3 Å². The Morgan fingerprint density at radius 3 is 2.81 bits per heavy atom. The van der Waals surface area contributed by atoms with E-state index < -0.39 is 5.97 Å². The molecule has 6 heteroatoms. The van der Waals surface area contributed by atoms with E-state index in [-0.39, 0.29) is 18.8 Å². The maximum Gasteiger partial charge on any atom is 0.357 e. The van der Waals surface area contributed by atoms with Gasteiger partial charge in [0.15, 0.2) is 5.69 Å². The molecule has 0 spiro atoms. The van der Waals surface area contributed by atoms with Gasteiger partial charge in [0, 0.05) is 12.6 Å². The Hall–Kier alpha value is -1.33. The zero-order valence-electron chi connectivity index (χ0n) is 9.12. The first-order valence-corrected chi connectivity index (χ1v) is 5.12. The van der Waals surface area contributed by atoms with Gasteiger partial charge in [-0.1, -0.05) is 11.6 Å². The molecule has 0 aliphatic carbocycles. The van der Waals surface area contributed by atoms with Gasteiger partial charge in [0.25, 0.3) is 0 Å². The monoisotopic (exact) mass is 244 g/mol. The lowest BCUT2D eigenvalue weighted by atomic mass is 10.2. The first-order valence-electron chi connectivity index (χ1n) is 4.74. The highest BCUT2D eigenvalue weighted by molar-refractivity contribution is 6.32. The number of hydrogen-bond acceptors (Lipinski definition) is 5. The van der Waals surface area contributed by atoms with Gasteiger partial charge in [-0.15, -0.1) is 0 Å². The van der Waals surface area contributed by atoms with E-state index in [2.05, 4.69) is 4.98 Å². The predicted molar refractivity (Wildman–Crippen MR) is 59.6 cm³/mol. The van der Waals surface area contributed by atoms with E-state index in [1.54, 1.807) is 6.92 Å². The number of nitrogens with two attached hydrogens (primary N) is 1. The van der Waals surface area contributed by atoms with Crippen molar-refractivity contribution in [3.05, 3.63) is 22.5 Å². The molecule has 1 aromatic heterocycles. The molecule has 0 aliphatic rings. The summed E-state index contributed by atoms with van der Waals surface area (Å²) >= 11 is 5.94. The van der Waals surface area contributed by atoms with Crippen LogP contribution in [0.25, 0.3) is 0 Å². The number of halogens is 1. The number of methoxy groups -OCH3 is 1. The van der Waals surface area contributed by atoms with Gasteiger partial charge in [-0.05, 0) is 6.92 Å². The fourth-order valence-electron chi connectivity index (χ4n) is 1.15. The second-order valence-electron chi connectivity index (χ2n) is 2.90. The molecule has 1 heterocycles. The summed E-state index contributed by atoms with van der Waals surface area (Å²) in [4.78, 5) is 15.5. The van der Waals surface area contributed by atoms with Crippen LogP contribution in [0.2, 0.25) is 5.02 Å². The molecule has 0 atom stereocenters. The van der Waals surface area contributed by atoms with Gasteiger partial charge < -0.3 is 15.2 Å².